The molecule has 0 aliphatic carbocycles. The van der Waals surface area contributed by atoms with Gasteiger partial charge in [0.15, 0.2) is 5.16 Å². The average molecular weight is 336 g/mol. The number of aromatic nitrogens is 3. The van der Waals surface area contributed by atoms with Crippen molar-refractivity contribution in [3.05, 3.63) is 30.6 Å². The molecule has 1 aromatic carbocycles. The Bertz CT molecular complexity index is 647. The Morgan fingerprint density at radius 1 is 1.43 bits per heavy atom. The molecule has 1 heterocycles. The Morgan fingerprint density at radius 2 is 2.26 bits per heavy atom. The molecule has 0 fully saturated rings. The van der Waals surface area contributed by atoms with Crippen molar-refractivity contribution in [3.63, 3.8) is 0 Å². The van der Waals surface area contributed by atoms with Crippen LogP contribution >= 0.6 is 11.8 Å². The predicted molar refractivity (Wildman–Crippen MR) is 88.1 cm³/mol. The van der Waals surface area contributed by atoms with Crippen LogP contribution < -0.4 is 10.1 Å². The number of carbonyl (C=O) groups excluding carboxylic acids is 1. The maximum absolute atomic E-state index is 11.9. The number of ether oxygens (including phenoxy) is 2. The van der Waals surface area contributed by atoms with Crippen LogP contribution in [0.15, 0.2) is 35.7 Å². The number of amides is 1. The van der Waals surface area contributed by atoms with Crippen LogP contribution in [-0.2, 0) is 9.53 Å². The first-order valence-electron chi connectivity index (χ1n) is 7.09. The number of nitrogens with zero attached hydrogens (tertiary/aromatic N) is 3. The Labute approximate surface area is 139 Å². The van der Waals surface area contributed by atoms with Gasteiger partial charge in [-0.2, -0.15) is 0 Å². The molecule has 1 N–H and O–H groups in total. The molecule has 0 aliphatic heterocycles. The monoisotopic (exact) mass is 336 g/mol. The highest BCUT2D eigenvalue weighted by atomic mass is 32.2. The van der Waals surface area contributed by atoms with Crippen LogP contribution in [0.4, 0.5) is 0 Å². The van der Waals surface area contributed by atoms with Crippen LogP contribution in [0.1, 0.15) is 6.92 Å². The van der Waals surface area contributed by atoms with Gasteiger partial charge in [-0.25, -0.2) is 0 Å². The summed E-state index contributed by atoms with van der Waals surface area (Å²) >= 11 is 1.33. The summed E-state index contributed by atoms with van der Waals surface area (Å²) in [7, 11) is 3.22. The van der Waals surface area contributed by atoms with Crippen molar-refractivity contribution in [2.45, 2.75) is 18.1 Å². The second kappa shape index (κ2) is 8.54. The van der Waals surface area contributed by atoms with Crippen molar-refractivity contribution in [3.8, 4) is 11.4 Å². The van der Waals surface area contributed by atoms with Crippen molar-refractivity contribution in [2.24, 2.45) is 0 Å². The van der Waals surface area contributed by atoms with Gasteiger partial charge < -0.3 is 14.8 Å². The number of rotatable bonds is 8. The smallest absolute Gasteiger partial charge is 0.230 e. The zero-order valence-corrected chi connectivity index (χ0v) is 14.2. The first kappa shape index (κ1) is 17.3. The van der Waals surface area contributed by atoms with Gasteiger partial charge in [0.25, 0.3) is 0 Å². The molecule has 0 spiro atoms. The number of thioether (sulfide) groups is 1. The number of methoxy groups -OCH3 is 2. The highest BCUT2D eigenvalue weighted by Gasteiger charge is 2.12. The first-order chi connectivity index (χ1) is 11.1. The molecule has 7 nitrogen and oxygen atoms in total. The third-order valence-electron chi connectivity index (χ3n) is 3.00. The molecule has 0 radical (unpaired) electrons. The minimum atomic E-state index is -0.0697. The highest BCUT2D eigenvalue weighted by Crippen LogP contribution is 2.22. The van der Waals surface area contributed by atoms with Crippen molar-refractivity contribution in [2.75, 3.05) is 26.6 Å². The minimum absolute atomic E-state index is 0.0237. The van der Waals surface area contributed by atoms with E-state index in [9.17, 15) is 4.79 Å². The van der Waals surface area contributed by atoms with Gasteiger partial charge in [0.05, 0.1) is 25.2 Å². The van der Waals surface area contributed by atoms with Crippen LogP contribution in [0, 0.1) is 0 Å². The van der Waals surface area contributed by atoms with Crippen molar-refractivity contribution < 1.29 is 14.3 Å². The van der Waals surface area contributed by atoms with E-state index in [1.165, 1.54) is 11.8 Å². The van der Waals surface area contributed by atoms with Gasteiger partial charge in [0, 0.05) is 19.2 Å². The van der Waals surface area contributed by atoms with Gasteiger partial charge in [-0.1, -0.05) is 17.8 Å². The van der Waals surface area contributed by atoms with E-state index in [1.807, 2.05) is 35.8 Å². The molecule has 2 aromatic rings. The summed E-state index contributed by atoms with van der Waals surface area (Å²) in [5.74, 6) is 0.939. The third-order valence-corrected chi connectivity index (χ3v) is 3.95. The molecule has 23 heavy (non-hydrogen) atoms. The second-order valence-corrected chi connectivity index (χ2v) is 5.84. The van der Waals surface area contributed by atoms with Gasteiger partial charge >= 0.3 is 0 Å². The minimum Gasteiger partial charge on any atom is -0.497 e. The summed E-state index contributed by atoms with van der Waals surface area (Å²) in [6.45, 7) is 2.38. The van der Waals surface area contributed by atoms with E-state index in [1.54, 1.807) is 20.5 Å². The predicted octanol–water partition coefficient (Wildman–Crippen LogP) is 1.52. The van der Waals surface area contributed by atoms with Crippen LogP contribution in [0.2, 0.25) is 0 Å². The average Bonchev–Trinajstić information content (AvgIpc) is 3.01. The van der Waals surface area contributed by atoms with Gasteiger partial charge in [0.1, 0.15) is 12.1 Å². The molecule has 124 valence electrons. The topological polar surface area (TPSA) is 78.3 Å². The molecule has 0 saturated heterocycles. The molecule has 0 saturated carbocycles. The second-order valence-electron chi connectivity index (χ2n) is 4.90. The Kier molecular flexibility index (Phi) is 6.42. The zero-order chi connectivity index (χ0) is 16.7. The standard InChI is InChI=1S/C15H20N4O3S/c1-11(8-21-2)17-14(20)9-23-15-18-16-10-19(15)12-5-4-6-13(7-12)22-3/h4-7,10-11H,8-9H2,1-3H3,(H,17,20). The summed E-state index contributed by atoms with van der Waals surface area (Å²) in [5, 5.41) is 11.5. The lowest BCUT2D eigenvalue weighted by molar-refractivity contribution is -0.119. The van der Waals surface area contributed by atoms with E-state index >= 15 is 0 Å². The summed E-state index contributed by atoms with van der Waals surface area (Å²) < 4.78 is 12.0. The lowest BCUT2D eigenvalue weighted by Crippen LogP contribution is -2.36. The SMILES string of the molecule is COCC(C)NC(=O)CSc1nncn1-c1cccc(OC)c1. The van der Waals surface area contributed by atoms with Gasteiger partial charge in [0.2, 0.25) is 5.91 Å². The van der Waals surface area contributed by atoms with Crippen molar-refractivity contribution in [1.82, 2.24) is 20.1 Å². The first-order valence-corrected chi connectivity index (χ1v) is 8.08. The van der Waals surface area contributed by atoms with E-state index in [0.717, 1.165) is 11.4 Å². The van der Waals surface area contributed by atoms with E-state index in [2.05, 4.69) is 15.5 Å². The quantitative estimate of drug-likeness (QED) is 0.737. The van der Waals surface area contributed by atoms with E-state index in [0.29, 0.717) is 11.8 Å². The number of hydrogen-bond acceptors (Lipinski definition) is 6. The normalized spacial score (nSPS) is 12.0. The molecule has 0 bridgehead atoms. The number of hydrogen-bond donors (Lipinski definition) is 1. The van der Waals surface area contributed by atoms with Crippen LogP contribution in [-0.4, -0.2) is 53.3 Å². The maximum Gasteiger partial charge on any atom is 0.230 e. The lowest BCUT2D eigenvalue weighted by Gasteiger charge is -2.12. The Morgan fingerprint density at radius 3 is 3.00 bits per heavy atom. The zero-order valence-electron chi connectivity index (χ0n) is 13.4. The summed E-state index contributed by atoms with van der Waals surface area (Å²) in [4.78, 5) is 11.9. The van der Waals surface area contributed by atoms with Crippen LogP contribution in [0.25, 0.3) is 5.69 Å². The summed E-state index contributed by atoms with van der Waals surface area (Å²) in [5.41, 5.74) is 0.880. The molecular weight excluding hydrogens is 316 g/mol. The van der Waals surface area contributed by atoms with E-state index in [-0.39, 0.29) is 17.7 Å². The number of carbonyl (C=O) groups is 1. The largest absolute Gasteiger partial charge is 0.497 e. The lowest BCUT2D eigenvalue weighted by atomic mass is 10.3. The molecule has 1 unspecified atom stereocenters. The highest BCUT2D eigenvalue weighted by molar-refractivity contribution is 7.99. The molecule has 2 rings (SSSR count). The fourth-order valence-corrected chi connectivity index (χ4v) is 2.74. The molecule has 8 heteroatoms. The maximum atomic E-state index is 11.9. The van der Waals surface area contributed by atoms with Gasteiger partial charge in [-0.05, 0) is 19.1 Å². The Balaban J connectivity index is 2.00. The van der Waals surface area contributed by atoms with E-state index < -0.39 is 0 Å². The van der Waals surface area contributed by atoms with Crippen LogP contribution in [0.5, 0.6) is 5.75 Å². The van der Waals surface area contributed by atoms with Gasteiger partial charge in [-0.15, -0.1) is 10.2 Å². The van der Waals surface area contributed by atoms with E-state index in [4.69, 9.17) is 9.47 Å². The molecule has 0 aliphatic rings. The van der Waals surface area contributed by atoms with Crippen LogP contribution in [0.3, 0.4) is 0 Å². The summed E-state index contributed by atoms with van der Waals surface area (Å²) in [6.07, 6.45) is 1.61. The molecule has 1 amide bonds. The molecule has 1 atom stereocenters. The van der Waals surface area contributed by atoms with Crippen molar-refractivity contribution >= 4 is 17.7 Å². The fourth-order valence-electron chi connectivity index (χ4n) is 2.00. The van der Waals surface area contributed by atoms with Crippen molar-refractivity contribution in [1.29, 1.82) is 0 Å². The molecular formula is C15H20N4O3S. The van der Waals surface area contributed by atoms with Gasteiger partial charge in [-0.3, -0.25) is 9.36 Å². The summed E-state index contributed by atoms with van der Waals surface area (Å²) in [6, 6.07) is 7.54. The fraction of sp³-hybridized carbons (Fsp3) is 0.400. The number of nitrogens with one attached hydrogen (secondary N) is 1. The number of benzene rings is 1. The Hall–Kier alpha value is -2.06. The third kappa shape index (κ3) is 4.97. The molecule has 1 aromatic heterocycles.